The van der Waals surface area contributed by atoms with Crippen LogP contribution in [-0.2, 0) is 9.53 Å². The van der Waals surface area contributed by atoms with E-state index in [4.69, 9.17) is 4.74 Å². The van der Waals surface area contributed by atoms with E-state index in [1.54, 1.807) is 6.92 Å². The number of hydrogen-bond acceptors (Lipinski definition) is 3. The van der Waals surface area contributed by atoms with Crippen molar-refractivity contribution in [3.8, 4) is 0 Å². The number of rotatable bonds is 6. The van der Waals surface area contributed by atoms with Gasteiger partial charge in [0.15, 0.2) is 0 Å². The lowest BCUT2D eigenvalue weighted by atomic mass is 10.1. The quantitative estimate of drug-likeness (QED) is 0.376. The van der Waals surface area contributed by atoms with Gasteiger partial charge in [-0.1, -0.05) is 20.8 Å². The van der Waals surface area contributed by atoms with Gasteiger partial charge in [-0.05, 0) is 18.9 Å². The largest absolute Gasteiger partial charge is 0.450 e. The van der Waals surface area contributed by atoms with Crippen LogP contribution in [0.25, 0.3) is 0 Å². The molecule has 0 aromatic heterocycles. The minimum Gasteiger partial charge on any atom is -0.450 e. The predicted octanol–water partition coefficient (Wildman–Crippen LogP) is 1.53. The molecule has 0 aliphatic carbocycles. The van der Waals surface area contributed by atoms with Crippen LogP contribution in [0, 0.1) is 5.92 Å². The Morgan fingerprint density at radius 2 is 2.17 bits per heavy atom. The van der Waals surface area contributed by atoms with E-state index in [2.05, 4.69) is 19.2 Å². The van der Waals surface area contributed by atoms with Crippen LogP contribution in [0.3, 0.4) is 0 Å². The Morgan fingerprint density at radius 3 is 2.67 bits per heavy atom. The van der Waals surface area contributed by atoms with Crippen LogP contribution in [0.1, 0.15) is 33.6 Å². The molecule has 0 fully saturated rings. The van der Waals surface area contributed by atoms with Crippen LogP contribution in [-0.4, -0.2) is 19.2 Å². The molecule has 0 saturated carbocycles. The zero-order chi connectivity index (χ0) is 9.40. The fourth-order valence-corrected chi connectivity index (χ4v) is 0.696. The monoisotopic (exact) mass is 173 g/mol. The third-order valence-electron chi connectivity index (χ3n) is 1.52. The Morgan fingerprint density at radius 1 is 1.50 bits per heavy atom. The van der Waals surface area contributed by atoms with Crippen molar-refractivity contribution in [2.45, 2.75) is 33.6 Å². The van der Waals surface area contributed by atoms with Crippen LogP contribution in [0.2, 0.25) is 0 Å². The van der Waals surface area contributed by atoms with Gasteiger partial charge in [-0.15, -0.1) is 0 Å². The molecule has 0 heterocycles. The summed E-state index contributed by atoms with van der Waals surface area (Å²) in [6.45, 7) is 7.38. The first-order valence-corrected chi connectivity index (χ1v) is 4.53. The molecule has 72 valence electrons. The smallest absolute Gasteiger partial charge is 0.306 e. The van der Waals surface area contributed by atoms with Gasteiger partial charge in [0, 0.05) is 6.42 Å². The SMILES string of the molecule is CCC(=O)OCNCCC(C)C. The second kappa shape index (κ2) is 7.10. The Bertz CT molecular complexity index is 124. The summed E-state index contributed by atoms with van der Waals surface area (Å²) in [6.07, 6.45) is 1.57. The van der Waals surface area contributed by atoms with Crippen molar-refractivity contribution >= 4 is 5.97 Å². The van der Waals surface area contributed by atoms with E-state index >= 15 is 0 Å². The maximum absolute atomic E-state index is 10.6. The molecule has 0 aliphatic heterocycles. The third-order valence-corrected chi connectivity index (χ3v) is 1.52. The minimum absolute atomic E-state index is 0.146. The summed E-state index contributed by atoms with van der Waals surface area (Å²) < 4.78 is 4.82. The van der Waals surface area contributed by atoms with Gasteiger partial charge in [-0.3, -0.25) is 10.1 Å². The first kappa shape index (κ1) is 11.4. The summed E-state index contributed by atoms with van der Waals surface area (Å²) in [7, 11) is 0. The van der Waals surface area contributed by atoms with Gasteiger partial charge in [-0.2, -0.15) is 0 Å². The molecule has 3 heteroatoms. The van der Waals surface area contributed by atoms with Crippen molar-refractivity contribution < 1.29 is 9.53 Å². The van der Waals surface area contributed by atoms with Gasteiger partial charge in [0.1, 0.15) is 6.73 Å². The number of hydrogen-bond donors (Lipinski definition) is 1. The highest BCUT2D eigenvalue weighted by Crippen LogP contribution is 1.95. The van der Waals surface area contributed by atoms with Gasteiger partial charge in [-0.25, -0.2) is 0 Å². The molecule has 0 amide bonds. The summed E-state index contributed by atoms with van der Waals surface area (Å²) in [5.74, 6) is 0.548. The molecule has 0 spiro atoms. The van der Waals surface area contributed by atoms with Crippen molar-refractivity contribution in [2.24, 2.45) is 5.92 Å². The Hall–Kier alpha value is -0.570. The number of carbonyl (C=O) groups excluding carboxylic acids is 1. The van der Waals surface area contributed by atoms with Crippen LogP contribution in [0.5, 0.6) is 0 Å². The molecule has 0 unspecified atom stereocenters. The average molecular weight is 173 g/mol. The van der Waals surface area contributed by atoms with E-state index < -0.39 is 0 Å². The number of nitrogens with one attached hydrogen (secondary N) is 1. The number of ether oxygens (including phenoxy) is 1. The standard InChI is InChI=1S/C9H19NO2/c1-4-9(11)12-7-10-6-5-8(2)3/h8,10H,4-7H2,1-3H3. The van der Waals surface area contributed by atoms with Gasteiger partial charge >= 0.3 is 5.97 Å². The molecule has 1 N–H and O–H groups in total. The molecule has 0 bridgehead atoms. The predicted molar refractivity (Wildman–Crippen MR) is 48.7 cm³/mol. The van der Waals surface area contributed by atoms with Gasteiger partial charge in [0.2, 0.25) is 0 Å². The van der Waals surface area contributed by atoms with Crippen molar-refractivity contribution in [2.75, 3.05) is 13.3 Å². The summed E-state index contributed by atoms with van der Waals surface area (Å²) in [6, 6.07) is 0. The minimum atomic E-state index is -0.146. The van der Waals surface area contributed by atoms with Crippen LogP contribution in [0.4, 0.5) is 0 Å². The molecule has 12 heavy (non-hydrogen) atoms. The van der Waals surface area contributed by atoms with Crippen molar-refractivity contribution in [1.29, 1.82) is 0 Å². The molecule has 0 aliphatic rings. The Kier molecular flexibility index (Phi) is 6.76. The van der Waals surface area contributed by atoms with E-state index in [-0.39, 0.29) is 5.97 Å². The maximum atomic E-state index is 10.6. The summed E-state index contributed by atoms with van der Waals surface area (Å²) in [4.78, 5) is 10.6. The molecular formula is C9H19NO2. The molecular weight excluding hydrogens is 154 g/mol. The molecule has 0 aromatic rings. The van der Waals surface area contributed by atoms with Gasteiger partial charge in [0.05, 0.1) is 0 Å². The summed E-state index contributed by atoms with van der Waals surface area (Å²) in [5, 5.41) is 3.04. The third kappa shape index (κ3) is 7.54. The van der Waals surface area contributed by atoms with E-state index in [9.17, 15) is 4.79 Å². The zero-order valence-corrected chi connectivity index (χ0v) is 8.22. The van der Waals surface area contributed by atoms with Crippen LogP contribution < -0.4 is 5.32 Å². The van der Waals surface area contributed by atoms with Gasteiger partial charge in [0.25, 0.3) is 0 Å². The second-order valence-electron chi connectivity index (χ2n) is 3.20. The molecule has 0 saturated heterocycles. The summed E-state index contributed by atoms with van der Waals surface area (Å²) >= 11 is 0. The Balaban J connectivity index is 3.05. The van der Waals surface area contributed by atoms with Gasteiger partial charge < -0.3 is 4.74 Å². The highest BCUT2D eigenvalue weighted by atomic mass is 16.5. The average Bonchev–Trinajstić information content (AvgIpc) is 2.03. The maximum Gasteiger partial charge on any atom is 0.306 e. The molecule has 0 rings (SSSR count). The lowest BCUT2D eigenvalue weighted by molar-refractivity contribution is -0.144. The van der Waals surface area contributed by atoms with Crippen molar-refractivity contribution in [1.82, 2.24) is 5.32 Å². The second-order valence-corrected chi connectivity index (χ2v) is 3.20. The zero-order valence-electron chi connectivity index (χ0n) is 8.22. The number of carbonyl (C=O) groups is 1. The molecule has 0 radical (unpaired) electrons. The highest BCUT2D eigenvalue weighted by molar-refractivity contribution is 5.68. The van der Waals surface area contributed by atoms with Crippen LogP contribution in [0.15, 0.2) is 0 Å². The number of esters is 1. The molecule has 0 aromatic carbocycles. The lowest BCUT2D eigenvalue weighted by Crippen LogP contribution is -2.22. The fourth-order valence-electron chi connectivity index (χ4n) is 0.696. The molecule has 0 atom stereocenters. The fraction of sp³-hybridized carbons (Fsp3) is 0.889. The van der Waals surface area contributed by atoms with E-state index in [1.165, 1.54) is 0 Å². The topological polar surface area (TPSA) is 38.3 Å². The highest BCUT2D eigenvalue weighted by Gasteiger charge is 1.96. The lowest BCUT2D eigenvalue weighted by Gasteiger charge is -2.06. The first-order chi connectivity index (χ1) is 5.66. The normalized spacial score (nSPS) is 10.3. The van der Waals surface area contributed by atoms with E-state index in [0.717, 1.165) is 13.0 Å². The van der Waals surface area contributed by atoms with E-state index in [1.807, 2.05) is 0 Å². The van der Waals surface area contributed by atoms with Crippen LogP contribution >= 0.6 is 0 Å². The molecule has 3 nitrogen and oxygen atoms in total. The van der Waals surface area contributed by atoms with E-state index in [0.29, 0.717) is 19.1 Å². The van der Waals surface area contributed by atoms with Crippen molar-refractivity contribution in [3.05, 3.63) is 0 Å². The summed E-state index contributed by atoms with van der Waals surface area (Å²) in [5.41, 5.74) is 0. The first-order valence-electron chi connectivity index (χ1n) is 4.53. The Labute approximate surface area is 74.5 Å². The van der Waals surface area contributed by atoms with Crippen molar-refractivity contribution in [3.63, 3.8) is 0 Å².